The van der Waals surface area contributed by atoms with E-state index in [-0.39, 0.29) is 0 Å². The first-order valence-corrected chi connectivity index (χ1v) is 10.3. The number of nitrogens with zero attached hydrogens (tertiary/aromatic N) is 3. The maximum absolute atomic E-state index is 5.40. The molecular formula is C19H29N5O2S. The summed E-state index contributed by atoms with van der Waals surface area (Å²) in [5.74, 6) is 1.79. The minimum atomic E-state index is 0.590. The molecule has 2 N–H and O–H groups in total. The monoisotopic (exact) mass is 391 g/mol. The maximum atomic E-state index is 5.40. The molecule has 1 aliphatic heterocycles. The van der Waals surface area contributed by atoms with E-state index in [2.05, 4.69) is 27.4 Å². The Kier molecular flexibility index (Phi) is 7.67. The Labute approximate surface area is 164 Å². The molecule has 3 heterocycles. The van der Waals surface area contributed by atoms with Crippen molar-refractivity contribution in [3.63, 3.8) is 0 Å². The van der Waals surface area contributed by atoms with Crippen LogP contribution in [0.2, 0.25) is 0 Å². The molecule has 2 aromatic rings. The van der Waals surface area contributed by atoms with Crippen molar-refractivity contribution < 1.29 is 9.15 Å². The quantitative estimate of drug-likeness (QED) is 0.529. The van der Waals surface area contributed by atoms with E-state index in [1.54, 1.807) is 17.6 Å². The summed E-state index contributed by atoms with van der Waals surface area (Å²) in [6, 6.07) is 3.91. The lowest BCUT2D eigenvalue weighted by molar-refractivity contribution is 0.0389. The number of furan rings is 1. The zero-order valence-corrected chi connectivity index (χ0v) is 17.0. The van der Waals surface area contributed by atoms with E-state index >= 15 is 0 Å². The number of aryl methyl sites for hydroxylation is 2. The average molecular weight is 392 g/mol. The average Bonchev–Trinajstić information content (AvgIpc) is 3.30. The molecular weight excluding hydrogens is 362 g/mol. The highest BCUT2D eigenvalue weighted by Gasteiger charge is 2.10. The number of guanidine groups is 1. The van der Waals surface area contributed by atoms with Crippen LogP contribution in [0.4, 0.5) is 0 Å². The van der Waals surface area contributed by atoms with Gasteiger partial charge in [-0.1, -0.05) is 0 Å². The van der Waals surface area contributed by atoms with Crippen molar-refractivity contribution in [2.45, 2.75) is 26.8 Å². The minimum absolute atomic E-state index is 0.590. The van der Waals surface area contributed by atoms with Crippen molar-refractivity contribution in [2.75, 3.05) is 45.9 Å². The van der Waals surface area contributed by atoms with Crippen LogP contribution in [-0.2, 0) is 17.7 Å². The fourth-order valence-electron chi connectivity index (χ4n) is 2.84. The topological polar surface area (TPSA) is 74.9 Å². The van der Waals surface area contributed by atoms with Crippen LogP contribution in [0.5, 0.6) is 0 Å². The molecule has 0 spiro atoms. The van der Waals surface area contributed by atoms with Crippen molar-refractivity contribution in [1.29, 1.82) is 0 Å². The summed E-state index contributed by atoms with van der Waals surface area (Å²) in [6.07, 6.45) is 2.53. The molecule has 0 atom stereocenters. The van der Waals surface area contributed by atoms with Gasteiger partial charge in [0.1, 0.15) is 10.8 Å². The van der Waals surface area contributed by atoms with Gasteiger partial charge < -0.3 is 19.8 Å². The number of morpholine rings is 1. The summed E-state index contributed by atoms with van der Waals surface area (Å²) in [5.41, 5.74) is 1.10. The van der Waals surface area contributed by atoms with Gasteiger partial charge in [-0.25, -0.2) is 9.98 Å². The van der Waals surface area contributed by atoms with Gasteiger partial charge in [-0.2, -0.15) is 0 Å². The fraction of sp³-hybridized carbons (Fsp3) is 0.579. The van der Waals surface area contributed by atoms with Crippen LogP contribution in [0.25, 0.3) is 0 Å². The van der Waals surface area contributed by atoms with Gasteiger partial charge in [0.25, 0.3) is 0 Å². The van der Waals surface area contributed by atoms with Crippen LogP contribution < -0.4 is 10.6 Å². The smallest absolute Gasteiger partial charge is 0.191 e. The Bertz CT molecular complexity index is 688. The van der Waals surface area contributed by atoms with Gasteiger partial charge in [0, 0.05) is 44.0 Å². The van der Waals surface area contributed by atoms with E-state index in [0.29, 0.717) is 6.54 Å². The Morgan fingerprint density at radius 1 is 1.26 bits per heavy atom. The number of thiazole rings is 1. The molecule has 0 aromatic carbocycles. The Morgan fingerprint density at radius 3 is 2.78 bits per heavy atom. The molecule has 27 heavy (non-hydrogen) atoms. The second-order valence-electron chi connectivity index (χ2n) is 6.55. The summed E-state index contributed by atoms with van der Waals surface area (Å²) >= 11 is 1.71. The Balaban J connectivity index is 1.50. The first kappa shape index (κ1) is 19.9. The lowest BCUT2D eigenvalue weighted by atomic mass is 10.3. The number of hydrogen-bond acceptors (Lipinski definition) is 6. The van der Waals surface area contributed by atoms with Crippen LogP contribution in [-0.4, -0.2) is 61.8 Å². The molecule has 0 aliphatic carbocycles. The number of ether oxygens (including phenoxy) is 1. The summed E-state index contributed by atoms with van der Waals surface area (Å²) in [5, 5.41) is 7.89. The van der Waals surface area contributed by atoms with Crippen LogP contribution in [0.3, 0.4) is 0 Å². The first-order chi connectivity index (χ1) is 13.2. The minimum Gasteiger partial charge on any atom is -0.469 e. The first-order valence-electron chi connectivity index (χ1n) is 9.48. The van der Waals surface area contributed by atoms with Crippen molar-refractivity contribution in [1.82, 2.24) is 20.5 Å². The number of rotatable bonds is 8. The maximum Gasteiger partial charge on any atom is 0.191 e. The van der Waals surface area contributed by atoms with Gasteiger partial charge in [0.05, 0.1) is 31.7 Å². The van der Waals surface area contributed by atoms with Gasteiger partial charge in [0.2, 0.25) is 0 Å². The van der Waals surface area contributed by atoms with Gasteiger partial charge in [0.15, 0.2) is 5.96 Å². The number of hydrogen-bond donors (Lipinski definition) is 2. The SMILES string of the molecule is Cc1nc(CN=C(NCCc2ccco2)NCCN2CCOCC2)sc1C. The van der Waals surface area contributed by atoms with Crippen LogP contribution in [0.1, 0.15) is 21.3 Å². The van der Waals surface area contributed by atoms with Crippen LogP contribution in [0, 0.1) is 13.8 Å². The molecule has 1 aliphatic rings. The molecule has 1 fully saturated rings. The fourth-order valence-corrected chi connectivity index (χ4v) is 3.70. The standard InChI is InChI=1S/C19H29N5O2S/c1-15-16(2)27-18(23-15)14-22-19(20-6-5-17-4-3-11-26-17)21-7-8-24-9-12-25-13-10-24/h3-4,11H,5-10,12-14H2,1-2H3,(H2,20,21,22). The molecule has 1 saturated heterocycles. The molecule has 148 valence electrons. The molecule has 2 aromatic heterocycles. The molecule has 8 heteroatoms. The Hall–Kier alpha value is -1.90. The molecule has 0 amide bonds. The second kappa shape index (κ2) is 10.4. The van der Waals surface area contributed by atoms with E-state index in [1.165, 1.54) is 4.88 Å². The van der Waals surface area contributed by atoms with E-state index < -0.39 is 0 Å². The van der Waals surface area contributed by atoms with E-state index in [0.717, 1.165) is 74.8 Å². The van der Waals surface area contributed by atoms with E-state index in [1.807, 2.05) is 19.1 Å². The highest BCUT2D eigenvalue weighted by molar-refractivity contribution is 7.11. The zero-order valence-electron chi connectivity index (χ0n) is 16.2. The van der Waals surface area contributed by atoms with Crippen LogP contribution in [0.15, 0.2) is 27.8 Å². The van der Waals surface area contributed by atoms with E-state index in [9.17, 15) is 0 Å². The van der Waals surface area contributed by atoms with Crippen molar-refractivity contribution in [2.24, 2.45) is 4.99 Å². The molecule has 7 nitrogen and oxygen atoms in total. The van der Waals surface area contributed by atoms with Crippen molar-refractivity contribution >= 4 is 17.3 Å². The van der Waals surface area contributed by atoms with E-state index in [4.69, 9.17) is 14.1 Å². The highest BCUT2D eigenvalue weighted by Crippen LogP contribution is 2.16. The number of aromatic nitrogens is 1. The third-order valence-corrected chi connectivity index (χ3v) is 5.57. The third kappa shape index (κ3) is 6.64. The van der Waals surface area contributed by atoms with Gasteiger partial charge in [-0.15, -0.1) is 11.3 Å². The highest BCUT2D eigenvalue weighted by atomic mass is 32.1. The zero-order chi connectivity index (χ0) is 18.9. The third-order valence-electron chi connectivity index (χ3n) is 4.51. The van der Waals surface area contributed by atoms with Gasteiger partial charge in [-0.3, -0.25) is 4.90 Å². The largest absolute Gasteiger partial charge is 0.469 e. The van der Waals surface area contributed by atoms with Gasteiger partial charge >= 0.3 is 0 Å². The number of nitrogens with one attached hydrogen (secondary N) is 2. The predicted octanol–water partition coefficient (Wildman–Crippen LogP) is 1.96. The molecule has 0 bridgehead atoms. The summed E-state index contributed by atoms with van der Waals surface area (Å²) in [4.78, 5) is 13.0. The lowest BCUT2D eigenvalue weighted by Gasteiger charge is -2.26. The van der Waals surface area contributed by atoms with Gasteiger partial charge in [-0.05, 0) is 26.0 Å². The molecule has 0 radical (unpaired) electrons. The summed E-state index contributed by atoms with van der Waals surface area (Å²) < 4.78 is 10.8. The summed E-state index contributed by atoms with van der Waals surface area (Å²) in [7, 11) is 0. The second-order valence-corrected chi connectivity index (χ2v) is 7.84. The van der Waals surface area contributed by atoms with Crippen LogP contribution >= 0.6 is 11.3 Å². The van der Waals surface area contributed by atoms with Crippen molar-refractivity contribution in [3.8, 4) is 0 Å². The molecule has 0 unspecified atom stereocenters. The lowest BCUT2D eigenvalue weighted by Crippen LogP contribution is -2.44. The summed E-state index contributed by atoms with van der Waals surface area (Å²) in [6.45, 7) is 11.0. The normalized spacial score (nSPS) is 15.9. The molecule has 3 rings (SSSR count). The number of aliphatic imine (C=N–C) groups is 1. The Morgan fingerprint density at radius 2 is 2.07 bits per heavy atom. The van der Waals surface area contributed by atoms with Crippen molar-refractivity contribution in [3.05, 3.63) is 39.7 Å². The predicted molar refractivity (Wildman–Crippen MR) is 108 cm³/mol. The molecule has 0 saturated carbocycles.